The monoisotopic (exact) mass is 346 g/mol. The fraction of sp³-hybridized carbons (Fsp3) is 0.688. The molecule has 0 fully saturated rings. The first-order valence-corrected chi connectivity index (χ1v) is 9.15. The molecule has 0 aliphatic carbocycles. The van der Waals surface area contributed by atoms with Crippen LogP contribution in [0.4, 0.5) is 0 Å². The normalized spacial score (nSPS) is 10.5. The van der Waals surface area contributed by atoms with E-state index in [2.05, 4.69) is 6.92 Å². The standard InChI is InChI=1S/C16H26O6S/c1-3-4-5-6-7-8-14(17)20-11-12-21-15(18)9-10-16(19)22-13-23-2/h9-10H,3-8,11-13H2,1-2H3. The molecular formula is C16H26O6S. The zero-order valence-corrected chi connectivity index (χ0v) is 14.7. The molecule has 0 N–H and O–H groups in total. The van der Waals surface area contributed by atoms with Crippen LogP contribution < -0.4 is 0 Å². The summed E-state index contributed by atoms with van der Waals surface area (Å²) < 4.78 is 14.5. The summed E-state index contributed by atoms with van der Waals surface area (Å²) in [5.41, 5.74) is 0. The number of carbonyl (C=O) groups excluding carboxylic acids is 3. The molecule has 6 nitrogen and oxygen atoms in total. The number of rotatable bonds is 13. The minimum Gasteiger partial charge on any atom is -0.462 e. The minimum absolute atomic E-state index is 0.0181. The number of hydrogen-bond acceptors (Lipinski definition) is 7. The summed E-state index contributed by atoms with van der Waals surface area (Å²) in [4.78, 5) is 33.8. The number of unbranched alkanes of at least 4 members (excludes halogenated alkanes) is 4. The first kappa shape index (κ1) is 21.5. The van der Waals surface area contributed by atoms with Crippen molar-refractivity contribution >= 4 is 29.7 Å². The van der Waals surface area contributed by atoms with Gasteiger partial charge in [0.15, 0.2) is 0 Å². The van der Waals surface area contributed by atoms with Crippen LogP contribution in [0, 0.1) is 0 Å². The zero-order chi connectivity index (χ0) is 17.3. The smallest absolute Gasteiger partial charge is 0.331 e. The van der Waals surface area contributed by atoms with Gasteiger partial charge in [-0.25, -0.2) is 9.59 Å². The highest BCUT2D eigenvalue weighted by atomic mass is 32.2. The number of thioether (sulfide) groups is 1. The molecule has 0 saturated carbocycles. The largest absolute Gasteiger partial charge is 0.462 e. The topological polar surface area (TPSA) is 78.9 Å². The summed E-state index contributed by atoms with van der Waals surface area (Å²) in [5.74, 6) is -1.34. The average Bonchev–Trinajstić information content (AvgIpc) is 2.54. The molecule has 0 aliphatic heterocycles. The van der Waals surface area contributed by atoms with Gasteiger partial charge in [0.25, 0.3) is 0 Å². The van der Waals surface area contributed by atoms with Gasteiger partial charge in [-0.3, -0.25) is 4.79 Å². The van der Waals surface area contributed by atoms with Crippen molar-refractivity contribution in [2.45, 2.75) is 45.4 Å². The molecule has 23 heavy (non-hydrogen) atoms. The van der Waals surface area contributed by atoms with E-state index in [4.69, 9.17) is 14.2 Å². The van der Waals surface area contributed by atoms with Crippen molar-refractivity contribution in [1.29, 1.82) is 0 Å². The quantitative estimate of drug-likeness (QED) is 0.167. The predicted octanol–water partition coefficient (Wildman–Crippen LogP) is 2.85. The Balaban J connectivity index is 3.58. The molecule has 0 aromatic rings. The van der Waals surface area contributed by atoms with Gasteiger partial charge in [-0.2, -0.15) is 0 Å². The number of ether oxygens (including phenoxy) is 3. The van der Waals surface area contributed by atoms with Crippen molar-refractivity contribution in [2.75, 3.05) is 25.4 Å². The van der Waals surface area contributed by atoms with E-state index in [-0.39, 0.29) is 25.1 Å². The molecule has 0 saturated heterocycles. The molecule has 0 bridgehead atoms. The Morgan fingerprint density at radius 2 is 1.48 bits per heavy atom. The maximum atomic E-state index is 11.4. The number of hydrogen-bond donors (Lipinski definition) is 0. The Hall–Kier alpha value is -1.50. The van der Waals surface area contributed by atoms with Crippen molar-refractivity contribution in [3.63, 3.8) is 0 Å². The van der Waals surface area contributed by atoms with Gasteiger partial charge in [-0.15, -0.1) is 11.8 Å². The van der Waals surface area contributed by atoms with Crippen molar-refractivity contribution in [2.24, 2.45) is 0 Å². The van der Waals surface area contributed by atoms with E-state index >= 15 is 0 Å². The maximum absolute atomic E-state index is 11.4. The third-order valence-corrected chi connectivity index (χ3v) is 3.10. The summed E-state index contributed by atoms with van der Waals surface area (Å²) in [6, 6.07) is 0. The lowest BCUT2D eigenvalue weighted by Crippen LogP contribution is -2.13. The fourth-order valence-electron chi connectivity index (χ4n) is 1.59. The summed E-state index contributed by atoms with van der Waals surface area (Å²) in [5, 5.41) is 0. The molecule has 7 heteroatoms. The van der Waals surface area contributed by atoms with Crippen molar-refractivity contribution in [1.82, 2.24) is 0 Å². The SMILES string of the molecule is CCCCCCCC(=O)OCCOC(=O)C=CC(=O)OCSC. The first-order valence-electron chi connectivity index (χ1n) is 7.76. The molecule has 0 amide bonds. The van der Waals surface area contributed by atoms with Gasteiger partial charge < -0.3 is 14.2 Å². The molecule has 0 aromatic carbocycles. The summed E-state index contributed by atoms with van der Waals surface area (Å²) in [6.45, 7) is 2.12. The highest BCUT2D eigenvalue weighted by molar-refractivity contribution is 7.98. The van der Waals surface area contributed by atoms with Crippen molar-refractivity contribution in [3.8, 4) is 0 Å². The van der Waals surface area contributed by atoms with Crippen molar-refractivity contribution < 1.29 is 28.6 Å². The molecule has 132 valence electrons. The molecule has 0 heterocycles. The van der Waals surface area contributed by atoms with E-state index in [1.165, 1.54) is 24.6 Å². The van der Waals surface area contributed by atoms with Crippen LogP contribution in [0.2, 0.25) is 0 Å². The lowest BCUT2D eigenvalue weighted by molar-refractivity contribution is -0.149. The van der Waals surface area contributed by atoms with Crippen LogP contribution in [0.5, 0.6) is 0 Å². The first-order chi connectivity index (χ1) is 11.1. The Labute approximate surface area is 141 Å². The van der Waals surface area contributed by atoms with Crippen LogP contribution in [0.3, 0.4) is 0 Å². The third-order valence-electron chi connectivity index (χ3n) is 2.75. The highest BCUT2D eigenvalue weighted by Gasteiger charge is 2.04. The van der Waals surface area contributed by atoms with Gasteiger partial charge in [0.05, 0.1) is 0 Å². The van der Waals surface area contributed by atoms with E-state index < -0.39 is 11.9 Å². The van der Waals surface area contributed by atoms with Gasteiger partial charge in [0, 0.05) is 18.6 Å². The Bertz CT molecular complexity index is 381. The lowest BCUT2D eigenvalue weighted by Gasteiger charge is -2.05. The second kappa shape index (κ2) is 15.4. The molecule has 0 atom stereocenters. The Morgan fingerprint density at radius 3 is 2.13 bits per heavy atom. The molecule has 0 aromatic heterocycles. The van der Waals surface area contributed by atoms with Crippen molar-refractivity contribution in [3.05, 3.63) is 12.2 Å². The molecule has 0 rings (SSSR count). The van der Waals surface area contributed by atoms with E-state index in [1.54, 1.807) is 6.26 Å². The van der Waals surface area contributed by atoms with E-state index in [0.717, 1.165) is 31.4 Å². The van der Waals surface area contributed by atoms with E-state index in [1.807, 2.05) is 0 Å². The Morgan fingerprint density at radius 1 is 0.870 bits per heavy atom. The molecule has 0 spiro atoms. The van der Waals surface area contributed by atoms with Gasteiger partial charge in [-0.1, -0.05) is 32.6 Å². The van der Waals surface area contributed by atoms with Crippen LogP contribution in [0.1, 0.15) is 45.4 Å². The molecule has 0 aliphatic rings. The second-order valence-corrected chi connectivity index (χ2v) is 5.57. The number of carbonyl (C=O) groups is 3. The third kappa shape index (κ3) is 15.2. The van der Waals surface area contributed by atoms with Crippen LogP contribution in [-0.4, -0.2) is 43.3 Å². The van der Waals surface area contributed by atoms with E-state index in [9.17, 15) is 14.4 Å². The van der Waals surface area contributed by atoms with Crippen LogP contribution >= 0.6 is 11.8 Å². The van der Waals surface area contributed by atoms with Crippen LogP contribution in [0.15, 0.2) is 12.2 Å². The van der Waals surface area contributed by atoms with Gasteiger partial charge in [0.2, 0.25) is 0 Å². The van der Waals surface area contributed by atoms with E-state index in [0.29, 0.717) is 6.42 Å². The average molecular weight is 346 g/mol. The fourth-order valence-corrected chi connectivity index (χ4v) is 1.83. The predicted molar refractivity (Wildman–Crippen MR) is 88.9 cm³/mol. The molecule has 0 radical (unpaired) electrons. The van der Waals surface area contributed by atoms with Crippen LogP contribution in [0.25, 0.3) is 0 Å². The lowest BCUT2D eigenvalue weighted by atomic mass is 10.1. The summed E-state index contributed by atoms with van der Waals surface area (Å²) in [6.07, 6.45) is 9.49. The maximum Gasteiger partial charge on any atom is 0.331 e. The molecular weight excluding hydrogens is 320 g/mol. The highest BCUT2D eigenvalue weighted by Crippen LogP contribution is 2.05. The van der Waals surface area contributed by atoms with Gasteiger partial charge >= 0.3 is 17.9 Å². The molecule has 0 unspecified atom stereocenters. The zero-order valence-electron chi connectivity index (χ0n) is 13.9. The summed E-state index contributed by atoms with van der Waals surface area (Å²) in [7, 11) is 0. The van der Waals surface area contributed by atoms with Gasteiger partial charge in [0.1, 0.15) is 19.2 Å². The van der Waals surface area contributed by atoms with Crippen LogP contribution in [-0.2, 0) is 28.6 Å². The minimum atomic E-state index is -0.679. The number of esters is 3. The van der Waals surface area contributed by atoms with Gasteiger partial charge in [-0.05, 0) is 12.7 Å². The Kier molecular flexibility index (Phi) is 14.4. The second-order valence-electron chi connectivity index (χ2n) is 4.76. The summed E-state index contributed by atoms with van der Waals surface area (Å²) >= 11 is 1.35.